The normalized spacial score (nSPS) is 23.1. The van der Waals surface area contributed by atoms with Crippen molar-refractivity contribution in [1.82, 2.24) is 4.31 Å². The summed E-state index contributed by atoms with van der Waals surface area (Å²) >= 11 is 0. The Kier molecular flexibility index (Phi) is 4.25. The average Bonchev–Trinajstić information content (AvgIpc) is 2.39. The molecule has 0 aromatic heterocycles. The van der Waals surface area contributed by atoms with E-state index in [2.05, 4.69) is 0 Å². The summed E-state index contributed by atoms with van der Waals surface area (Å²) in [6.45, 7) is 3.33. The number of anilines is 1. The molecule has 118 valence electrons. The first-order valence-electron chi connectivity index (χ1n) is 6.49. The van der Waals surface area contributed by atoms with Crippen LogP contribution in [0.3, 0.4) is 0 Å². The van der Waals surface area contributed by atoms with E-state index in [4.69, 9.17) is 10.5 Å². The molecule has 3 N–H and O–H groups in total. The van der Waals surface area contributed by atoms with Gasteiger partial charge in [-0.3, -0.25) is 0 Å². The van der Waals surface area contributed by atoms with E-state index in [0.29, 0.717) is 0 Å². The summed E-state index contributed by atoms with van der Waals surface area (Å²) in [5.74, 6) is -0.776. The van der Waals surface area contributed by atoms with Crippen LogP contribution >= 0.6 is 0 Å². The lowest BCUT2D eigenvalue weighted by molar-refractivity contribution is -0.131. The maximum absolute atomic E-state index is 13.5. The van der Waals surface area contributed by atoms with E-state index in [9.17, 15) is 17.9 Å². The molecule has 1 aliphatic heterocycles. The third-order valence-electron chi connectivity index (χ3n) is 3.26. The number of aliphatic hydroxyl groups excluding tert-OH is 1. The molecule has 21 heavy (non-hydrogen) atoms. The van der Waals surface area contributed by atoms with Crippen molar-refractivity contribution < 1.29 is 22.7 Å². The molecule has 0 spiro atoms. The fraction of sp³-hybridized carbons (Fsp3) is 0.538. The molecule has 0 saturated carbocycles. The molecule has 1 fully saturated rings. The van der Waals surface area contributed by atoms with E-state index < -0.39 is 27.5 Å². The Hall–Kier alpha value is -1.22. The molecule has 1 saturated heterocycles. The number of nitrogens with zero attached hydrogens (tertiary/aromatic N) is 1. The largest absolute Gasteiger partial charge is 0.396 e. The number of morpholine rings is 1. The number of hydrogen-bond acceptors (Lipinski definition) is 5. The quantitative estimate of drug-likeness (QED) is 0.795. The first kappa shape index (κ1) is 16.2. The third-order valence-corrected chi connectivity index (χ3v) is 5.07. The average molecular weight is 318 g/mol. The van der Waals surface area contributed by atoms with Crippen molar-refractivity contribution in [2.45, 2.75) is 30.4 Å². The van der Waals surface area contributed by atoms with Crippen LogP contribution in [-0.2, 0) is 14.8 Å². The number of halogens is 1. The van der Waals surface area contributed by atoms with Gasteiger partial charge in [-0.15, -0.1) is 0 Å². The molecular formula is C13H19FN2O4S. The molecule has 1 heterocycles. The monoisotopic (exact) mass is 318 g/mol. The van der Waals surface area contributed by atoms with Gasteiger partial charge in [-0.1, -0.05) is 0 Å². The van der Waals surface area contributed by atoms with Crippen molar-refractivity contribution >= 4 is 15.7 Å². The lowest BCUT2D eigenvalue weighted by Gasteiger charge is -2.41. The molecule has 1 aromatic carbocycles. The van der Waals surface area contributed by atoms with Crippen molar-refractivity contribution in [2.24, 2.45) is 0 Å². The van der Waals surface area contributed by atoms with Crippen molar-refractivity contribution in [3.8, 4) is 0 Å². The Bertz CT molecular complexity index is 633. The van der Waals surface area contributed by atoms with Gasteiger partial charge in [0.1, 0.15) is 5.82 Å². The molecule has 1 atom stereocenters. The summed E-state index contributed by atoms with van der Waals surface area (Å²) in [6, 6.07) is 3.39. The molecule has 1 aromatic rings. The van der Waals surface area contributed by atoms with E-state index in [1.807, 2.05) is 0 Å². The van der Waals surface area contributed by atoms with Gasteiger partial charge >= 0.3 is 0 Å². The Morgan fingerprint density at radius 3 is 2.76 bits per heavy atom. The molecule has 6 nitrogen and oxygen atoms in total. The van der Waals surface area contributed by atoms with E-state index >= 15 is 0 Å². The Labute approximate surface area is 123 Å². The minimum Gasteiger partial charge on any atom is -0.396 e. The third kappa shape index (κ3) is 3.34. The Balaban J connectivity index is 2.36. The lowest BCUT2D eigenvalue weighted by atomic mass is 10.1. The molecule has 1 unspecified atom stereocenters. The number of aliphatic hydroxyl groups is 1. The smallest absolute Gasteiger partial charge is 0.243 e. The molecule has 0 bridgehead atoms. The fourth-order valence-electron chi connectivity index (χ4n) is 2.34. The van der Waals surface area contributed by atoms with E-state index in [0.717, 1.165) is 6.07 Å². The number of benzene rings is 1. The number of nitrogens with two attached hydrogens (primary N) is 1. The van der Waals surface area contributed by atoms with Gasteiger partial charge < -0.3 is 15.6 Å². The molecular weight excluding hydrogens is 299 g/mol. The van der Waals surface area contributed by atoms with Crippen molar-refractivity contribution in [1.29, 1.82) is 0 Å². The zero-order valence-electron chi connectivity index (χ0n) is 11.9. The first-order chi connectivity index (χ1) is 9.65. The lowest BCUT2D eigenvalue weighted by Crippen LogP contribution is -2.55. The van der Waals surface area contributed by atoms with E-state index in [1.54, 1.807) is 13.8 Å². The second kappa shape index (κ2) is 5.53. The van der Waals surface area contributed by atoms with Gasteiger partial charge in [0.05, 0.1) is 28.9 Å². The van der Waals surface area contributed by atoms with Gasteiger partial charge in [0.25, 0.3) is 0 Å². The highest BCUT2D eigenvalue weighted by atomic mass is 32.2. The van der Waals surface area contributed by atoms with E-state index in [-0.39, 0.29) is 30.3 Å². The molecule has 0 amide bonds. The van der Waals surface area contributed by atoms with Gasteiger partial charge in [-0.25, -0.2) is 12.8 Å². The van der Waals surface area contributed by atoms with Gasteiger partial charge in [0, 0.05) is 13.1 Å². The van der Waals surface area contributed by atoms with Gasteiger partial charge in [-0.2, -0.15) is 4.31 Å². The summed E-state index contributed by atoms with van der Waals surface area (Å²) in [5.41, 5.74) is 4.52. The predicted molar refractivity (Wildman–Crippen MR) is 75.6 cm³/mol. The number of nitrogen functional groups attached to an aromatic ring is 1. The van der Waals surface area contributed by atoms with Crippen LogP contribution in [0.1, 0.15) is 13.8 Å². The highest BCUT2D eigenvalue weighted by molar-refractivity contribution is 7.89. The van der Waals surface area contributed by atoms with Gasteiger partial charge in [0.2, 0.25) is 10.0 Å². The van der Waals surface area contributed by atoms with Crippen LogP contribution in [0.5, 0.6) is 0 Å². The maximum Gasteiger partial charge on any atom is 0.243 e. The molecule has 8 heteroatoms. The second-order valence-electron chi connectivity index (χ2n) is 5.66. The fourth-order valence-corrected chi connectivity index (χ4v) is 3.97. The second-order valence-corrected chi connectivity index (χ2v) is 7.60. The standard InChI is InChI=1S/C13H19FN2O4S/c1-13(2)8-16(6-9(7-17)20-13)21(18,19)10-3-4-12(15)11(14)5-10/h3-5,9,17H,6-8,15H2,1-2H3. The van der Waals surface area contributed by atoms with Crippen LogP contribution < -0.4 is 5.73 Å². The Morgan fingerprint density at radius 2 is 2.19 bits per heavy atom. The van der Waals surface area contributed by atoms with Crippen LogP contribution in [0, 0.1) is 5.82 Å². The van der Waals surface area contributed by atoms with Crippen molar-refractivity contribution in [3.63, 3.8) is 0 Å². The number of hydrogen-bond donors (Lipinski definition) is 2. The highest BCUT2D eigenvalue weighted by Crippen LogP contribution is 2.27. The van der Waals surface area contributed by atoms with Crippen LogP contribution in [0.4, 0.5) is 10.1 Å². The topological polar surface area (TPSA) is 92.9 Å². The molecule has 2 rings (SSSR count). The summed E-state index contributed by atoms with van der Waals surface area (Å²) in [4.78, 5) is -0.163. The minimum atomic E-state index is -3.87. The van der Waals surface area contributed by atoms with Crippen LogP contribution in [0.2, 0.25) is 0 Å². The Morgan fingerprint density at radius 1 is 1.52 bits per heavy atom. The predicted octanol–water partition coefficient (Wildman–Crippen LogP) is 0.568. The van der Waals surface area contributed by atoms with Crippen LogP contribution in [-0.4, -0.2) is 49.2 Å². The highest BCUT2D eigenvalue weighted by Gasteiger charge is 2.39. The van der Waals surface area contributed by atoms with E-state index in [1.165, 1.54) is 16.4 Å². The van der Waals surface area contributed by atoms with Crippen molar-refractivity contribution in [2.75, 3.05) is 25.4 Å². The first-order valence-corrected chi connectivity index (χ1v) is 7.93. The van der Waals surface area contributed by atoms with Gasteiger partial charge in [0.15, 0.2) is 0 Å². The maximum atomic E-state index is 13.5. The van der Waals surface area contributed by atoms with Crippen LogP contribution in [0.15, 0.2) is 23.1 Å². The molecule has 1 aliphatic rings. The van der Waals surface area contributed by atoms with Crippen LogP contribution in [0.25, 0.3) is 0 Å². The SMILES string of the molecule is CC1(C)CN(S(=O)(=O)c2ccc(N)c(F)c2)CC(CO)O1. The van der Waals surface area contributed by atoms with Crippen molar-refractivity contribution in [3.05, 3.63) is 24.0 Å². The number of sulfonamides is 1. The summed E-state index contributed by atoms with van der Waals surface area (Å²) < 4.78 is 45.4. The zero-order valence-corrected chi connectivity index (χ0v) is 12.7. The number of rotatable bonds is 3. The summed E-state index contributed by atoms with van der Waals surface area (Å²) in [6.07, 6.45) is -0.609. The minimum absolute atomic E-state index is 0.0221. The number of ether oxygens (including phenoxy) is 1. The summed E-state index contributed by atoms with van der Waals surface area (Å²) in [5, 5.41) is 9.23. The molecule has 0 radical (unpaired) electrons. The zero-order chi connectivity index (χ0) is 15.8. The summed E-state index contributed by atoms with van der Waals surface area (Å²) in [7, 11) is -3.87. The van der Waals surface area contributed by atoms with Gasteiger partial charge in [-0.05, 0) is 32.0 Å². The molecule has 0 aliphatic carbocycles.